The lowest BCUT2D eigenvalue weighted by Gasteiger charge is -2.05. The molecule has 2 rings (SSSR count). The number of nitrogens with two attached hydrogens (primary N) is 1. The molecule has 7 nitrogen and oxygen atoms in total. The number of aromatic nitrogens is 3. The van der Waals surface area contributed by atoms with E-state index in [2.05, 4.69) is 20.5 Å². The SMILES string of the molecule is NC(=O)CCNc1n[nH]c(=O)c2cccnc12. The minimum absolute atomic E-state index is 0.190. The second-order valence-corrected chi connectivity index (χ2v) is 3.44. The summed E-state index contributed by atoms with van der Waals surface area (Å²) in [5, 5.41) is 9.55. The molecule has 2 heterocycles. The van der Waals surface area contributed by atoms with Gasteiger partial charge in [-0.3, -0.25) is 14.6 Å². The van der Waals surface area contributed by atoms with Crippen LogP contribution in [0.2, 0.25) is 0 Å². The fraction of sp³-hybridized carbons (Fsp3) is 0.200. The van der Waals surface area contributed by atoms with E-state index in [9.17, 15) is 9.59 Å². The van der Waals surface area contributed by atoms with Crippen LogP contribution in [0.25, 0.3) is 10.9 Å². The van der Waals surface area contributed by atoms with Crippen LogP contribution < -0.4 is 16.6 Å². The van der Waals surface area contributed by atoms with Crippen molar-refractivity contribution in [2.24, 2.45) is 5.73 Å². The molecule has 0 atom stereocenters. The van der Waals surface area contributed by atoms with Gasteiger partial charge in [-0.1, -0.05) is 0 Å². The van der Waals surface area contributed by atoms with Crippen molar-refractivity contribution in [3.63, 3.8) is 0 Å². The zero-order chi connectivity index (χ0) is 12.3. The Hall–Kier alpha value is -2.44. The lowest BCUT2D eigenvalue weighted by molar-refractivity contribution is -0.117. The molecule has 0 saturated heterocycles. The summed E-state index contributed by atoms with van der Waals surface area (Å²) in [5.74, 6) is 0.0284. The highest BCUT2D eigenvalue weighted by Gasteiger charge is 2.06. The number of anilines is 1. The van der Waals surface area contributed by atoms with Gasteiger partial charge in [-0.25, -0.2) is 5.10 Å². The number of fused-ring (bicyclic) bond motifs is 1. The number of carbonyl (C=O) groups is 1. The van der Waals surface area contributed by atoms with Crippen molar-refractivity contribution in [1.82, 2.24) is 15.2 Å². The fourth-order valence-electron chi connectivity index (χ4n) is 1.42. The lowest BCUT2D eigenvalue weighted by atomic mass is 10.3. The van der Waals surface area contributed by atoms with E-state index < -0.39 is 5.91 Å². The number of nitrogens with zero attached hydrogens (tertiary/aromatic N) is 2. The summed E-state index contributed by atoms with van der Waals surface area (Å²) in [7, 11) is 0. The van der Waals surface area contributed by atoms with Crippen molar-refractivity contribution < 1.29 is 4.79 Å². The molecule has 0 aliphatic carbocycles. The highest BCUT2D eigenvalue weighted by Crippen LogP contribution is 2.13. The fourth-order valence-corrected chi connectivity index (χ4v) is 1.42. The van der Waals surface area contributed by atoms with Gasteiger partial charge in [0.15, 0.2) is 5.82 Å². The van der Waals surface area contributed by atoms with Gasteiger partial charge in [-0.15, -0.1) is 0 Å². The number of hydrogen-bond acceptors (Lipinski definition) is 5. The number of pyridine rings is 1. The highest BCUT2D eigenvalue weighted by molar-refractivity contribution is 5.86. The summed E-state index contributed by atoms with van der Waals surface area (Å²) in [5.41, 5.74) is 5.20. The number of primary amides is 1. The van der Waals surface area contributed by atoms with E-state index in [4.69, 9.17) is 5.73 Å². The van der Waals surface area contributed by atoms with Gasteiger partial charge in [0, 0.05) is 19.2 Å². The number of amides is 1. The van der Waals surface area contributed by atoms with Gasteiger partial charge in [-0.2, -0.15) is 5.10 Å². The van der Waals surface area contributed by atoms with Crippen LogP contribution in [0.4, 0.5) is 5.82 Å². The zero-order valence-corrected chi connectivity index (χ0v) is 8.93. The predicted molar refractivity (Wildman–Crippen MR) is 62.5 cm³/mol. The molecule has 0 aromatic carbocycles. The van der Waals surface area contributed by atoms with Crippen molar-refractivity contribution in [3.05, 3.63) is 28.7 Å². The highest BCUT2D eigenvalue weighted by atomic mass is 16.1. The molecule has 88 valence electrons. The van der Waals surface area contributed by atoms with Gasteiger partial charge in [0.25, 0.3) is 5.56 Å². The van der Waals surface area contributed by atoms with Crippen LogP contribution in [0.15, 0.2) is 23.1 Å². The molecule has 0 saturated carbocycles. The smallest absolute Gasteiger partial charge is 0.273 e. The summed E-state index contributed by atoms with van der Waals surface area (Å²) in [4.78, 5) is 26.1. The van der Waals surface area contributed by atoms with Crippen LogP contribution in [-0.4, -0.2) is 27.6 Å². The van der Waals surface area contributed by atoms with Crippen molar-refractivity contribution in [1.29, 1.82) is 0 Å². The molecule has 0 fully saturated rings. The average Bonchev–Trinajstić information content (AvgIpc) is 2.32. The molecule has 0 bridgehead atoms. The monoisotopic (exact) mass is 233 g/mol. The first-order chi connectivity index (χ1) is 8.18. The number of rotatable bonds is 4. The Morgan fingerprint density at radius 1 is 1.53 bits per heavy atom. The number of nitrogens with one attached hydrogen (secondary N) is 2. The number of hydrogen-bond donors (Lipinski definition) is 3. The van der Waals surface area contributed by atoms with E-state index in [0.29, 0.717) is 23.3 Å². The maximum Gasteiger partial charge on any atom is 0.273 e. The van der Waals surface area contributed by atoms with Crippen molar-refractivity contribution in [3.8, 4) is 0 Å². The van der Waals surface area contributed by atoms with Crippen LogP contribution in [-0.2, 0) is 4.79 Å². The Morgan fingerprint density at radius 3 is 3.12 bits per heavy atom. The Labute approximate surface area is 96.0 Å². The third-order valence-electron chi connectivity index (χ3n) is 2.21. The van der Waals surface area contributed by atoms with E-state index in [-0.39, 0.29) is 12.0 Å². The van der Waals surface area contributed by atoms with Gasteiger partial charge in [0.1, 0.15) is 5.52 Å². The minimum Gasteiger partial charge on any atom is -0.370 e. The minimum atomic E-state index is -0.404. The average molecular weight is 233 g/mol. The normalized spacial score (nSPS) is 10.4. The first-order valence-corrected chi connectivity index (χ1v) is 5.04. The second kappa shape index (κ2) is 4.60. The summed E-state index contributed by atoms with van der Waals surface area (Å²) in [6.45, 7) is 0.347. The van der Waals surface area contributed by atoms with E-state index >= 15 is 0 Å². The maximum absolute atomic E-state index is 11.5. The number of carbonyl (C=O) groups excluding carboxylic acids is 1. The maximum atomic E-state index is 11.5. The van der Waals surface area contributed by atoms with Crippen LogP contribution in [0.5, 0.6) is 0 Å². The molecule has 2 aromatic heterocycles. The largest absolute Gasteiger partial charge is 0.370 e. The third kappa shape index (κ3) is 2.39. The Bertz CT molecular complexity index is 607. The molecule has 0 aliphatic heterocycles. The quantitative estimate of drug-likeness (QED) is 0.665. The van der Waals surface area contributed by atoms with Crippen LogP contribution >= 0.6 is 0 Å². The Kier molecular flexibility index (Phi) is 2.99. The molecule has 2 aromatic rings. The van der Waals surface area contributed by atoms with Crippen molar-refractivity contribution in [2.75, 3.05) is 11.9 Å². The molecule has 17 heavy (non-hydrogen) atoms. The van der Waals surface area contributed by atoms with Crippen molar-refractivity contribution >= 4 is 22.6 Å². The Morgan fingerprint density at radius 2 is 2.35 bits per heavy atom. The van der Waals surface area contributed by atoms with E-state index in [1.807, 2.05) is 0 Å². The number of H-pyrrole nitrogens is 1. The van der Waals surface area contributed by atoms with Crippen LogP contribution in [0, 0.1) is 0 Å². The standard InChI is InChI=1S/C10H11N5O2/c11-7(16)3-5-13-9-8-6(2-1-4-12-8)10(17)15-14-9/h1-2,4H,3,5H2,(H2,11,16)(H,13,14)(H,15,17). The van der Waals surface area contributed by atoms with E-state index in [1.54, 1.807) is 18.3 Å². The molecular formula is C10H11N5O2. The van der Waals surface area contributed by atoms with Gasteiger partial charge in [-0.05, 0) is 12.1 Å². The Balaban J connectivity index is 2.32. The molecular weight excluding hydrogens is 222 g/mol. The van der Waals surface area contributed by atoms with Gasteiger partial charge >= 0.3 is 0 Å². The molecule has 4 N–H and O–H groups in total. The molecule has 7 heteroatoms. The zero-order valence-electron chi connectivity index (χ0n) is 8.93. The third-order valence-corrected chi connectivity index (χ3v) is 2.21. The molecule has 1 amide bonds. The van der Waals surface area contributed by atoms with Crippen molar-refractivity contribution in [2.45, 2.75) is 6.42 Å². The van der Waals surface area contributed by atoms with Gasteiger partial charge < -0.3 is 11.1 Å². The number of aromatic amines is 1. The van der Waals surface area contributed by atoms with E-state index in [1.165, 1.54) is 0 Å². The molecule has 0 spiro atoms. The van der Waals surface area contributed by atoms with Gasteiger partial charge in [0.05, 0.1) is 5.39 Å². The second-order valence-electron chi connectivity index (χ2n) is 3.44. The first kappa shape index (κ1) is 11.1. The molecule has 0 aliphatic rings. The first-order valence-electron chi connectivity index (χ1n) is 5.04. The van der Waals surface area contributed by atoms with E-state index in [0.717, 1.165) is 0 Å². The topological polar surface area (TPSA) is 114 Å². The van der Waals surface area contributed by atoms with Crippen LogP contribution in [0.3, 0.4) is 0 Å². The molecule has 0 radical (unpaired) electrons. The van der Waals surface area contributed by atoms with Crippen LogP contribution in [0.1, 0.15) is 6.42 Å². The molecule has 0 unspecified atom stereocenters. The lowest BCUT2D eigenvalue weighted by Crippen LogP contribution is -2.18. The predicted octanol–water partition coefficient (Wildman–Crippen LogP) is -0.395. The summed E-state index contributed by atoms with van der Waals surface area (Å²) in [6.07, 6.45) is 1.76. The summed E-state index contributed by atoms with van der Waals surface area (Å²) in [6, 6.07) is 3.33. The van der Waals surface area contributed by atoms with Gasteiger partial charge in [0.2, 0.25) is 5.91 Å². The summed E-state index contributed by atoms with van der Waals surface area (Å²) >= 11 is 0. The summed E-state index contributed by atoms with van der Waals surface area (Å²) < 4.78 is 0.